The standard InChI is InChI=1S/C18H29NO/c1-3-19-13-18(17-11-7-8-15(2)12-17)20-14-16-9-5-4-6-10-16/h7-8,11-12,16,18-19H,3-6,9-10,13-14H2,1-2H3. The van der Waals surface area contributed by atoms with Gasteiger partial charge in [-0.1, -0.05) is 56.0 Å². The fourth-order valence-electron chi connectivity index (χ4n) is 3.02. The molecule has 2 heteroatoms. The van der Waals surface area contributed by atoms with Crippen molar-refractivity contribution in [2.75, 3.05) is 19.7 Å². The molecule has 1 atom stereocenters. The number of rotatable bonds is 7. The molecule has 1 aliphatic rings. The second-order valence-electron chi connectivity index (χ2n) is 6.05. The van der Waals surface area contributed by atoms with Gasteiger partial charge in [-0.3, -0.25) is 0 Å². The van der Waals surface area contributed by atoms with Gasteiger partial charge in [0, 0.05) is 6.54 Å². The Labute approximate surface area is 123 Å². The fourth-order valence-corrected chi connectivity index (χ4v) is 3.02. The highest BCUT2D eigenvalue weighted by Crippen LogP contribution is 2.26. The first-order valence-corrected chi connectivity index (χ1v) is 8.18. The summed E-state index contributed by atoms with van der Waals surface area (Å²) in [6, 6.07) is 8.72. The second kappa shape index (κ2) is 8.43. The van der Waals surface area contributed by atoms with E-state index in [1.165, 1.54) is 43.2 Å². The van der Waals surface area contributed by atoms with Crippen LogP contribution in [-0.4, -0.2) is 19.7 Å². The van der Waals surface area contributed by atoms with Crippen molar-refractivity contribution in [2.45, 2.75) is 52.1 Å². The summed E-state index contributed by atoms with van der Waals surface area (Å²) in [7, 11) is 0. The molecule has 2 nitrogen and oxygen atoms in total. The number of hydrogen-bond acceptors (Lipinski definition) is 2. The Hall–Kier alpha value is -0.860. The van der Waals surface area contributed by atoms with Crippen LogP contribution in [0.15, 0.2) is 24.3 Å². The first-order chi connectivity index (χ1) is 9.79. The summed E-state index contributed by atoms with van der Waals surface area (Å²) in [5.41, 5.74) is 2.62. The average molecular weight is 275 g/mol. The lowest BCUT2D eigenvalue weighted by molar-refractivity contribution is 0.0202. The molecule has 0 saturated heterocycles. The van der Waals surface area contributed by atoms with E-state index in [2.05, 4.69) is 43.4 Å². The van der Waals surface area contributed by atoms with Gasteiger partial charge in [0.15, 0.2) is 0 Å². The third-order valence-corrected chi connectivity index (χ3v) is 4.25. The molecule has 1 saturated carbocycles. The molecule has 1 aromatic rings. The smallest absolute Gasteiger partial charge is 0.0949 e. The highest BCUT2D eigenvalue weighted by atomic mass is 16.5. The van der Waals surface area contributed by atoms with Crippen LogP contribution in [0.25, 0.3) is 0 Å². The van der Waals surface area contributed by atoms with Crippen molar-refractivity contribution in [1.29, 1.82) is 0 Å². The number of likely N-dealkylation sites (N-methyl/N-ethyl adjacent to an activating group) is 1. The third kappa shape index (κ3) is 4.92. The van der Waals surface area contributed by atoms with Crippen LogP contribution in [-0.2, 0) is 4.74 Å². The van der Waals surface area contributed by atoms with Crippen molar-refractivity contribution in [1.82, 2.24) is 5.32 Å². The first-order valence-electron chi connectivity index (χ1n) is 8.18. The highest BCUT2D eigenvalue weighted by molar-refractivity contribution is 5.24. The molecule has 1 N–H and O–H groups in total. The minimum atomic E-state index is 0.191. The summed E-state index contributed by atoms with van der Waals surface area (Å²) in [6.07, 6.45) is 7.07. The van der Waals surface area contributed by atoms with Gasteiger partial charge in [0.25, 0.3) is 0 Å². The zero-order chi connectivity index (χ0) is 14.2. The topological polar surface area (TPSA) is 21.3 Å². The Morgan fingerprint density at radius 3 is 2.75 bits per heavy atom. The molecular weight excluding hydrogens is 246 g/mol. The van der Waals surface area contributed by atoms with Gasteiger partial charge < -0.3 is 10.1 Å². The summed E-state index contributed by atoms with van der Waals surface area (Å²) in [4.78, 5) is 0. The summed E-state index contributed by atoms with van der Waals surface area (Å²) < 4.78 is 6.26. The number of hydrogen-bond donors (Lipinski definition) is 1. The SMILES string of the molecule is CCNCC(OCC1CCCCC1)c1cccc(C)c1. The molecule has 1 unspecified atom stereocenters. The summed E-state index contributed by atoms with van der Waals surface area (Å²) in [5, 5.41) is 3.43. The van der Waals surface area contributed by atoms with E-state index in [1.807, 2.05) is 0 Å². The van der Waals surface area contributed by atoms with Crippen LogP contribution in [0.2, 0.25) is 0 Å². The average Bonchev–Trinajstić information content (AvgIpc) is 2.48. The molecule has 1 fully saturated rings. The van der Waals surface area contributed by atoms with Crippen molar-refractivity contribution in [3.8, 4) is 0 Å². The quantitative estimate of drug-likeness (QED) is 0.803. The number of aryl methyl sites for hydroxylation is 1. The van der Waals surface area contributed by atoms with Crippen molar-refractivity contribution < 1.29 is 4.74 Å². The lowest BCUT2D eigenvalue weighted by atomic mass is 9.90. The highest BCUT2D eigenvalue weighted by Gasteiger charge is 2.17. The van der Waals surface area contributed by atoms with E-state index in [0.29, 0.717) is 0 Å². The molecule has 2 rings (SSSR count). The predicted molar refractivity (Wildman–Crippen MR) is 85.0 cm³/mol. The Kier molecular flexibility index (Phi) is 6.55. The van der Waals surface area contributed by atoms with Gasteiger partial charge in [0.1, 0.15) is 0 Å². The van der Waals surface area contributed by atoms with E-state index < -0.39 is 0 Å². The van der Waals surface area contributed by atoms with Gasteiger partial charge in [-0.15, -0.1) is 0 Å². The fraction of sp³-hybridized carbons (Fsp3) is 0.667. The van der Waals surface area contributed by atoms with Crippen LogP contribution in [0, 0.1) is 12.8 Å². The lowest BCUT2D eigenvalue weighted by Crippen LogP contribution is -2.25. The lowest BCUT2D eigenvalue weighted by Gasteiger charge is -2.25. The van der Waals surface area contributed by atoms with Crippen molar-refractivity contribution in [2.24, 2.45) is 5.92 Å². The maximum atomic E-state index is 6.26. The molecule has 0 aromatic heterocycles. The third-order valence-electron chi connectivity index (χ3n) is 4.25. The summed E-state index contributed by atoms with van der Waals surface area (Å²) >= 11 is 0. The molecule has 1 aromatic carbocycles. The van der Waals surface area contributed by atoms with Gasteiger partial charge in [0.05, 0.1) is 12.7 Å². The molecule has 0 radical (unpaired) electrons. The van der Waals surface area contributed by atoms with Gasteiger partial charge >= 0.3 is 0 Å². The first kappa shape index (κ1) is 15.5. The van der Waals surface area contributed by atoms with Gasteiger partial charge in [-0.25, -0.2) is 0 Å². The van der Waals surface area contributed by atoms with Crippen LogP contribution < -0.4 is 5.32 Å². The number of nitrogens with one attached hydrogen (secondary N) is 1. The molecule has 1 aliphatic carbocycles. The number of ether oxygens (including phenoxy) is 1. The molecule has 0 aliphatic heterocycles. The van der Waals surface area contributed by atoms with E-state index in [9.17, 15) is 0 Å². The zero-order valence-corrected chi connectivity index (χ0v) is 13.0. The molecule has 0 spiro atoms. The Morgan fingerprint density at radius 2 is 2.05 bits per heavy atom. The van der Waals surface area contributed by atoms with Gasteiger partial charge in [-0.2, -0.15) is 0 Å². The molecular formula is C18H29NO. The van der Waals surface area contributed by atoms with Gasteiger partial charge in [0.2, 0.25) is 0 Å². The second-order valence-corrected chi connectivity index (χ2v) is 6.05. The monoisotopic (exact) mass is 275 g/mol. The van der Waals surface area contributed by atoms with Crippen LogP contribution in [0.4, 0.5) is 0 Å². The molecule has 0 amide bonds. The van der Waals surface area contributed by atoms with Crippen molar-refractivity contribution in [3.63, 3.8) is 0 Å². The predicted octanol–water partition coefficient (Wildman–Crippen LogP) is 4.24. The van der Waals surface area contributed by atoms with Crippen LogP contribution in [0.1, 0.15) is 56.3 Å². The zero-order valence-electron chi connectivity index (χ0n) is 13.0. The maximum absolute atomic E-state index is 6.26. The summed E-state index contributed by atoms with van der Waals surface area (Å²) in [5.74, 6) is 0.776. The van der Waals surface area contributed by atoms with Crippen LogP contribution in [0.3, 0.4) is 0 Å². The number of benzene rings is 1. The largest absolute Gasteiger partial charge is 0.372 e. The van der Waals surface area contributed by atoms with E-state index in [0.717, 1.165) is 25.6 Å². The van der Waals surface area contributed by atoms with Gasteiger partial charge in [-0.05, 0) is 37.8 Å². The van der Waals surface area contributed by atoms with Crippen molar-refractivity contribution >= 4 is 0 Å². The Balaban J connectivity index is 1.92. The van der Waals surface area contributed by atoms with Crippen LogP contribution in [0.5, 0.6) is 0 Å². The molecule has 112 valence electrons. The normalized spacial score (nSPS) is 18.1. The van der Waals surface area contributed by atoms with E-state index in [1.54, 1.807) is 0 Å². The molecule has 0 bridgehead atoms. The van der Waals surface area contributed by atoms with E-state index in [-0.39, 0.29) is 6.10 Å². The molecule has 20 heavy (non-hydrogen) atoms. The Morgan fingerprint density at radius 1 is 1.25 bits per heavy atom. The van der Waals surface area contributed by atoms with Crippen LogP contribution >= 0.6 is 0 Å². The minimum absolute atomic E-state index is 0.191. The minimum Gasteiger partial charge on any atom is -0.372 e. The van der Waals surface area contributed by atoms with E-state index in [4.69, 9.17) is 4.74 Å². The summed E-state index contributed by atoms with van der Waals surface area (Å²) in [6.45, 7) is 7.12. The van der Waals surface area contributed by atoms with Crippen molar-refractivity contribution in [3.05, 3.63) is 35.4 Å². The molecule has 0 heterocycles. The van der Waals surface area contributed by atoms with E-state index >= 15 is 0 Å². The maximum Gasteiger partial charge on any atom is 0.0949 e. The Bertz CT molecular complexity index is 385.